The molecule has 1 atom stereocenters. The van der Waals surface area contributed by atoms with Gasteiger partial charge in [0.15, 0.2) is 0 Å². The Hall–Kier alpha value is -3.41. The number of fused-ring (bicyclic) bond motifs is 1. The van der Waals surface area contributed by atoms with E-state index in [0.29, 0.717) is 12.2 Å². The Morgan fingerprint density at radius 1 is 1.06 bits per heavy atom. The molecule has 172 valence electrons. The molecule has 0 saturated heterocycles. The second-order valence-corrected chi connectivity index (χ2v) is 10.3. The van der Waals surface area contributed by atoms with Crippen LogP contribution in [-0.2, 0) is 23.3 Å². The zero-order valence-corrected chi connectivity index (χ0v) is 20.3. The maximum absolute atomic E-state index is 13.9. The van der Waals surface area contributed by atoms with Crippen molar-refractivity contribution in [2.45, 2.75) is 65.6 Å². The molecule has 0 aliphatic carbocycles. The van der Waals surface area contributed by atoms with Crippen LogP contribution < -0.4 is 10.2 Å². The first kappa shape index (κ1) is 22.8. The highest BCUT2D eigenvalue weighted by Gasteiger charge is 2.49. The summed E-state index contributed by atoms with van der Waals surface area (Å²) >= 11 is 0. The van der Waals surface area contributed by atoms with Crippen LogP contribution in [0, 0.1) is 13.8 Å². The number of anilines is 1. The van der Waals surface area contributed by atoms with E-state index in [1.807, 2.05) is 69.3 Å². The molecule has 2 amide bonds. The summed E-state index contributed by atoms with van der Waals surface area (Å²) in [7, 11) is 0. The fourth-order valence-corrected chi connectivity index (χ4v) is 4.40. The van der Waals surface area contributed by atoms with Gasteiger partial charge in [-0.3, -0.25) is 19.2 Å². The average molecular weight is 445 g/mol. The number of nitrogens with one attached hydrogen (secondary N) is 1. The molecule has 33 heavy (non-hydrogen) atoms. The first-order chi connectivity index (χ1) is 15.5. The second kappa shape index (κ2) is 8.18. The molecule has 0 unspecified atom stereocenters. The van der Waals surface area contributed by atoms with Crippen LogP contribution >= 0.6 is 0 Å². The average Bonchev–Trinajstić information content (AvgIpc) is 3.16. The Bertz CT molecular complexity index is 1190. The van der Waals surface area contributed by atoms with Crippen molar-refractivity contribution in [1.29, 1.82) is 0 Å². The molecule has 3 aromatic rings. The Morgan fingerprint density at radius 3 is 2.30 bits per heavy atom. The van der Waals surface area contributed by atoms with Crippen molar-refractivity contribution in [3.63, 3.8) is 0 Å². The number of benzene rings is 2. The van der Waals surface area contributed by atoms with E-state index in [0.717, 1.165) is 28.1 Å². The molecule has 0 radical (unpaired) electrons. The van der Waals surface area contributed by atoms with Crippen molar-refractivity contribution in [1.82, 2.24) is 15.1 Å². The van der Waals surface area contributed by atoms with E-state index < -0.39 is 5.54 Å². The SMILES string of the molecule is Cc1cc(C)cc(N2C(=O)c3cc(C(C)(C)C)nn3C[C@@]2(C)C(=O)NCc2ccccc2)c1. The third kappa shape index (κ3) is 4.30. The van der Waals surface area contributed by atoms with Crippen molar-refractivity contribution in [3.05, 3.63) is 82.7 Å². The molecule has 2 heterocycles. The summed E-state index contributed by atoms with van der Waals surface area (Å²) in [5.74, 6) is -0.427. The summed E-state index contributed by atoms with van der Waals surface area (Å²) in [4.78, 5) is 29.2. The van der Waals surface area contributed by atoms with Gasteiger partial charge in [-0.2, -0.15) is 5.10 Å². The first-order valence-electron chi connectivity index (χ1n) is 11.3. The molecule has 0 bridgehead atoms. The summed E-state index contributed by atoms with van der Waals surface area (Å²) in [6.45, 7) is 12.7. The van der Waals surface area contributed by atoms with Crippen molar-refractivity contribution in [3.8, 4) is 0 Å². The molecule has 1 aromatic heterocycles. The van der Waals surface area contributed by atoms with Crippen LogP contribution in [0.3, 0.4) is 0 Å². The van der Waals surface area contributed by atoms with Gasteiger partial charge in [0, 0.05) is 17.6 Å². The Balaban J connectivity index is 1.78. The van der Waals surface area contributed by atoms with Crippen LogP contribution in [0.4, 0.5) is 5.69 Å². The van der Waals surface area contributed by atoms with Crippen LogP contribution in [0.25, 0.3) is 0 Å². The number of hydrogen-bond acceptors (Lipinski definition) is 3. The van der Waals surface area contributed by atoms with E-state index in [2.05, 4.69) is 32.2 Å². The van der Waals surface area contributed by atoms with Crippen LogP contribution in [-0.4, -0.2) is 27.1 Å². The normalized spacial score (nSPS) is 18.2. The number of carbonyl (C=O) groups is 2. The number of hydrogen-bond donors (Lipinski definition) is 1. The number of rotatable bonds is 4. The van der Waals surface area contributed by atoms with Gasteiger partial charge in [-0.15, -0.1) is 0 Å². The number of amides is 2. The first-order valence-corrected chi connectivity index (χ1v) is 11.3. The van der Waals surface area contributed by atoms with E-state index in [9.17, 15) is 9.59 Å². The fourth-order valence-electron chi connectivity index (χ4n) is 4.40. The lowest BCUT2D eigenvalue weighted by Gasteiger charge is -2.43. The fraction of sp³-hybridized carbons (Fsp3) is 0.370. The van der Waals surface area contributed by atoms with Gasteiger partial charge in [-0.25, -0.2) is 0 Å². The lowest BCUT2D eigenvalue weighted by atomic mass is 9.91. The molecule has 1 N–H and O–H groups in total. The van der Waals surface area contributed by atoms with Gasteiger partial charge in [-0.05, 0) is 55.7 Å². The van der Waals surface area contributed by atoms with Gasteiger partial charge < -0.3 is 5.32 Å². The van der Waals surface area contributed by atoms with Crippen molar-refractivity contribution >= 4 is 17.5 Å². The van der Waals surface area contributed by atoms with E-state index in [-0.39, 0.29) is 23.8 Å². The third-order valence-corrected chi connectivity index (χ3v) is 6.17. The maximum atomic E-state index is 13.9. The highest BCUT2D eigenvalue weighted by Crippen LogP contribution is 2.35. The predicted octanol–water partition coefficient (Wildman–Crippen LogP) is 4.53. The van der Waals surface area contributed by atoms with Gasteiger partial charge in [0.05, 0.1) is 12.2 Å². The molecule has 1 aliphatic heterocycles. The minimum atomic E-state index is -1.14. The molecule has 1 aliphatic rings. The summed E-state index contributed by atoms with van der Waals surface area (Å²) in [5.41, 5.74) is 3.80. The van der Waals surface area contributed by atoms with Crippen molar-refractivity contribution in [2.24, 2.45) is 0 Å². The zero-order chi connectivity index (χ0) is 24.0. The van der Waals surface area contributed by atoms with Gasteiger partial charge in [0.2, 0.25) is 5.91 Å². The van der Waals surface area contributed by atoms with E-state index in [1.165, 1.54) is 0 Å². The highest BCUT2D eigenvalue weighted by atomic mass is 16.2. The highest BCUT2D eigenvalue weighted by molar-refractivity contribution is 6.11. The standard InChI is InChI=1S/C27H32N4O2/c1-18-12-19(2)14-21(13-18)31-24(32)22-15-23(26(3,4)5)29-30(22)17-27(31,6)25(33)28-16-20-10-8-7-9-11-20/h7-15H,16-17H2,1-6H3,(H,28,33)/t27-/m0/s1. The zero-order valence-electron chi connectivity index (χ0n) is 20.3. The van der Waals surface area contributed by atoms with Crippen molar-refractivity contribution in [2.75, 3.05) is 4.90 Å². The van der Waals surface area contributed by atoms with Crippen LogP contribution in [0.1, 0.15) is 60.6 Å². The van der Waals surface area contributed by atoms with Gasteiger partial charge in [0.1, 0.15) is 11.2 Å². The summed E-state index contributed by atoms with van der Waals surface area (Å²) in [6, 6.07) is 17.6. The minimum absolute atomic E-state index is 0.207. The molecule has 0 spiro atoms. The third-order valence-electron chi connectivity index (χ3n) is 6.17. The lowest BCUT2D eigenvalue weighted by molar-refractivity contribution is -0.126. The smallest absolute Gasteiger partial charge is 0.277 e. The summed E-state index contributed by atoms with van der Waals surface area (Å²) in [6.07, 6.45) is 0. The molecule has 0 fully saturated rings. The van der Waals surface area contributed by atoms with Gasteiger partial charge in [0.25, 0.3) is 5.91 Å². The lowest BCUT2D eigenvalue weighted by Crippen LogP contribution is -2.64. The molecule has 4 rings (SSSR count). The Kier molecular flexibility index (Phi) is 5.64. The molecule has 2 aromatic carbocycles. The van der Waals surface area contributed by atoms with Crippen LogP contribution in [0.5, 0.6) is 0 Å². The summed E-state index contributed by atoms with van der Waals surface area (Å²) in [5, 5.41) is 7.77. The topological polar surface area (TPSA) is 67.2 Å². The van der Waals surface area contributed by atoms with Gasteiger partial charge >= 0.3 is 0 Å². The molecular weight excluding hydrogens is 412 g/mol. The number of nitrogens with zero attached hydrogens (tertiary/aromatic N) is 3. The quantitative estimate of drug-likeness (QED) is 0.643. The van der Waals surface area contributed by atoms with Crippen LogP contribution in [0.2, 0.25) is 0 Å². The number of carbonyl (C=O) groups excluding carboxylic acids is 2. The molecular formula is C27H32N4O2. The molecule has 0 saturated carbocycles. The predicted molar refractivity (Wildman–Crippen MR) is 130 cm³/mol. The largest absolute Gasteiger partial charge is 0.350 e. The van der Waals surface area contributed by atoms with Crippen molar-refractivity contribution < 1.29 is 9.59 Å². The van der Waals surface area contributed by atoms with E-state index in [1.54, 1.807) is 9.58 Å². The number of aromatic nitrogens is 2. The number of aryl methyl sites for hydroxylation is 2. The monoisotopic (exact) mass is 444 g/mol. The second-order valence-electron chi connectivity index (χ2n) is 10.3. The minimum Gasteiger partial charge on any atom is -0.350 e. The molecule has 6 nitrogen and oxygen atoms in total. The Morgan fingerprint density at radius 2 is 1.70 bits per heavy atom. The Labute approximate surface area is 195 Å². The van der Waals surface area contributed by atoms with Crippen LogP contribution in [0.15, 0.2) is 54.6 Å². The maximum Gasteiger partial charge on any atom is 0.277 e. The van der Waals surface area contributed by atoms with E-state index in [4.69, 9.17) is 5.10 Å². The van der Waals surface area contributed by atoms with E-state index >= 15 is 0 Å². The van der Waals surface area contributed by atoms with Gasteiger partial charge in [-0.1, -0.05) is 57.2 Å². The summed E-state index contributed by atoms with van der Waals surface area (Å²) < 4.78 is 1.70. The molecule has 6 heteroatoms.